The minimum Gasteiger partial charge on any atom is -0.338 e. The van der Waals surface area contributed by atoms with Crippen LogP contribution in [0.3, 0.4) is 0 Å². The Morgan fingerprint density at radius 2 is 1.88 bits per heavy atom. The van der Waals surface area contributed by atoms with Crippen LogP contribution in [0.25, 0.3) is 0 Å². The maximum absolute atomic E-state index is 5.90. The second-order valence-corrected chi connectivity index (χ2v) is 4.57. The van der Waals surface area contributed by atoms with Crippen LogP contribution in [0.4, 0.5) is 5.95 Å². The summed E-state index contributed by atoms with van der Waals surface area (Å²) in [5.41, 5.74) is 1.42. The van der Waals surface area contributed by atoms with Gasteiger partial charge in [0.2, 0.25) is 5.95 Å². The van der Waals surface area contributed by atoms with Crippen LogP contribution in [0.5, 0.6) is 0 Å². The molecule has 0 unspecified atom stereocenters. The molecule has 0 aliphatic carbocycles. The lowest BCUT2D eigenvalue weighted by Crippen LogP contribution is -2.47. The smallest absolute Gasteiger partial charge is 0.225 e. The zero-order valence-electron chi connectivity index (χ0n) is 9.39. The maximum Gasteiger partial charge on any atom is 0.225 e. The van der Waals surface area contributed by atoms with Gasteiger partial charge in [0.1, 0.15) is 0 Å². The zero-order valence-corrected chi connectivity index (χ0v) is 10.9. The van der Waals surface area contributed by atoms with Gasteiger partial charge >= 0.3 is 0 Å². The van der Waals surface area contributed by atoms with Gasteiger partial charge in [-0.3, -0.25) is 4.90 Å². The first-order valence-corrected chi connectivity index (χ1v) is 6.30. The van der Waals surface area contributed by atoms with E-state index >= 15 is 0 Å². The Balaban J connectivity index is 1.86. The lowest BCUT2D eigenvalue weighted by Gasteiger charge is -2.34. The van der Waals surface area contributed by atoms with Gasteiger partial charge < -0.3 is 4.90 Å². The summed E-state index contributed by atoms with van der Waals surface area (Å²) in [4.78, 5) is 12.9. The SMILES string of the molecule is ClC=C(Cl)CN1CCN(c2ncccn2)CC1. The van der Waals surface area contributed by atoms with Gasteiger partial charge in [0, 0.05) is 55.7 Å². The van der Waals surface area contributed by atoms with Gasteiger partial charge in [0.05, 0.1) is 0 Å². The first-order chi connectivity index (χ1) is 8.29. The Labute approximate surface area is 111 Å². The van der Waals surface area contributed by atoms with E-state index in [9.17, 15) is 0 Å². The molecule has 2 heterocycles. The molecule has 1 aromatic heterocycles. The molecule has 0 saturated carbocycles. The van der Waals surface area contributed by atoms with Crippen LogP contribution < -0.4 is 4.90 Å². The Kier molecular flexibility index (Phi) is 4.59. The Bertz CT molecular complexity index is 374. The van der Waals surface area contributed by atoms with Gasteiger partial charge in [-0.2, -0.15) is 0 Å². The molecule has 1 aliphatic rings. The number of halogens is 2. The molecule has 1 fully saturated rings. The van der Waals surface area contributed by atoms with Crippen molar-refractivity contribution in [1.82, 2.24) is 14.9 Å². The molecule has 1 aromatic rings. The largest absolute Gasteiger partial charge is 0.338 e. The Morgan fingerprint density at radius 1 is 1.24 bits per heavy atom. The molecule has 1 saturated heterocycles. The highest BCUT2D eigenvalue weighted by Crippen LogP contribution is 2.12. The quantitative estimate of drug-likeness (QED) is 0.842. The third kappa shape index (κ3) is 3.56. The van der Waals surface area contributed by atoms with Crippen molar-refractivity contribution >= 4 is 29.2 Å². The fourth-order valence-electron chi connectivity index (χ4n) is 1.81. The second kappa shape index (κ2) is 6.19. The highest BCUT2D eigenvalue weighted by Gasteiger charge is 2.18. The van der Waals surface area contributed by atoms with E-state index in [0.717, 1.165) is 32.1 Å². The van der Waals surface area contributed by atoms with Crippen molar-refractivity contribution in [3.05, 3.63) is 29.0 Å². The average Bonchev–Trinajstić information content (AvgIpc) is 2.40. The molecular weight excluding hydrogens is 259 g/mol. The van der Waals surface area contributed by atoms with Crippen molar-refractivity contribution < 1.29 is 0 Å². The van der Waals surface area contributed by atoms with Gasteiger partial charge in [-0.05, 0) is 6.07 Å². The predicted octanol–water partition coefficient (Wildman–Crippen LogP) is 1.92. The summed E-state index contributed by atoms with van der Waals surface area (Å²) >= 11 is 11.4. The molecule has 6 heteroatoms. The van der Waals surface area contributed by atoms with Gasteiger partial charge in [-0.25, -0.2) is 9.97 Å². The topological polar surface area (TPSA) is 32.3 Å². The normalized spacial score (nSPS) is 18.5. The highest BCUT2D eigenvalue weighted by atomic mass is 35.5. The lowest BCUT2D eigenvalue weighted by atomic mass is 10.3. The van der Waals surface area contributed by atoms with Gasteiger partial charge in [-0.15, -0.1) is 0 Å². The molecule has 92 valence electrons. The average molecular weight is 273 g/mol. The Morgan fingerprint density at radius 3 is 2.47 bits per heavy atom. The predicted molar refractivity (Wildman–Crippen MR) is 70.5 cm³/mol. The fourth-order valence-corrected chi connectivity index (χ4v) is 2.05. The number of rotatable bonds is 3. The first-order valence-electron chi connectivity index (χ1n) is 5.48. The van der Waals surface area contributed by atoms with Gasteiger partial charge in [-0.1, -0.05) is 23.2 Å². The summed E-state index contributed by atoms with van der Waals surface area (Å²) in [6.07, 6.45) is 3.53. The summed E-state index contributed by atoms with van der Waals surface area (Å²) in [6, 6.07) is 1.82. The first kappa shape index (κ1) is 12.6. The summed E-state index contributed by atoms with van der Waals surface area (Å²) in [6.45, 7) is 4.43. The maximum atomic E-state index is 5.90. The van der Waals surface area contributed by atoms with E-state index in [1.165, 1.54) is 5.54 Å². The van der Waals surface area contributed by atoms with Crippen molar-refractivity contribution in [1.29, 1.82) is 0 Å². The molecule has 0 radical (unpaired) electrons. The number of anilines is 1. The van der Waals surface area contributed by atoms with Crippen molar-refractivity contribution in [2.45, 2.75) is 0 Å². The van der Waals surface area contributed by atoms with E-state index < -0.39 is 0 Å². The molecule has 0 N–H and O–H groups in total. The standard InChI is InChI=1S/C11H14Cl2N4/c12-8-10(13)9-16-4-6-17(7-5-16)11-14-2-1-3-15-11/h1-3,8H,4-7,9H2. The van der Waals surface area contributed by atoms with Crippen LogP contribution in [0.1, 0.15) is 0 Å². The molecule has 4 nitrogen and oxygen atoms in total. The summed E-state index contributed by atoms with van der Waals surface area (Å²) < 4.78 is 0. The van der Waals surface area contributed by atoms with Crippen LogP contribution in [-0.4, -0.2) is 47.6 Å². The van der Waals surface area contributed by atoms with Crippen LogP contribution in [0.2, 0.25) is 0 Å². The molecule has 0 amide bonds. The van der Waals surface area contributed by atoms with Crippen molar-refractivity contribution in [2.24, 2.45) is 0 Å². The number of hydrogen-bond donors (Lipinski definition) is 0. The third-order valence-corrected chi connectivity index (χ3v) is 3.30. The van der Waals surface area contributed by atoms with E-state index in [-0.39, 0.29) is 0 Å². The van der Waals surface area contributed by atoms with Crippen LogP contribution in [0, 0.1) is 0 Å². The molecule has 0 aromatic carbocycles. The third-order valence-electron chi connectivity index (χ3n) is 2.70. The number of piperazine rings is 1. The second-order valence-electron chi connectivity index (χ2n) is 3.87. The van der Waals surface area contributed by atoms with E-state index in [2.05, 4.69) is 19.8 Å². The molecule has 0 atom stereocenters. The van der Waals surface area contributed by atoms with Crippen molar-refractivity contribution in [3.8, 4) is 0 Å². The van der Waals surface area contributed by atoms with Crippen LogP contribution in [0.15, 0.2) is 29.0 Å². The van der Waals surface area contributed by atoms with E-state index in [1.54, 1.807) is 12.4 Å². The molecular formula is C11H14Cl2N4. The molecule has 1 aliphatic heterocycles. The Hall–Kier alpha value is -0.840. The van der Waals surface area contributed by atoms with Crippen LogP contribution >= 0.6 is 23.2 Å². The van der Waals surface area contributed by atoms with Gasteiger partial charge in [0.25, 0.3) is 0 Å². The van der Waals surface area contributed by atoms with E-state index in [1.807, 2.05) is 6.07 Å². The summed E-state index contributed by atoms with van der Waals surface area (Å²) in [5, 5.41) is 0.677. The van der Waals surface area contributed by atoms with E-state index in [4.69, 9.17) is 23.2 Å². The minimum atomic E-state index is 0.677. The molecule has 2 rings (SSSR count). The van der Waals surface area contributed by atoms with E-state index in [0.29, 0.717) is 11.6 Å². The lowest BCUT2D eigenvalue weighted by molar-refractivity contribution is 0.280. The molecule has 0 spiro atoms. The van der Waals surface area contributed by atoms with Crippen LogP contribution in [-0.2, 0) is 0 Å². The summed E-state index contributed by atoms with van der Waals surface area (Å²) in [7, 11) is 0. The van der Waals surface area contributed by atoms with Crippen molar-refractivity contribution in [2.75, 3.05) is 37.6 Å². The monoisotopic (exact) mass is 272 g/mol. The minimum absolute atomic E-state index is 0.677. The molecule has 0 bridgehead atoms. The highest BCUT2D eigenvalue weighted by molar-refractivity contribution is 6.36. The number of hydrogen-bond acceptors (Lipinski definition) is 4. The number of aromatic nitrogens is 2. The fraction of sp³-hybridized carbons (Fsp3) is 0.455. The molecule has 17 heavy (non-hydrogen) atoms. The number of nitrogens with zero attached hydrogens (tertiary/aromatic N) is 4. The zero-order chi connectivity index (χ0) is 12.1. The van der Waals surface area contributed by atoms with Gasteiger partial charge in [0.15, 0.2) is 0 Å². The summed E-state index contributed by atoms with van der Waals surface area (Å²) in [5.74, 6) is 0.797. The van der Waals surface area contributed by atoms with Crippen molar-refractivity contribution in [3.63, 3.8) is 0 Å².